The Bertz CT molecular complexity index is 1410. The summed E-state index contributed by atoms with van der Waals surface area (Å²) < 4.78 is 28.5. The number of sulfonamides is 1. The number of rotatable bonds is 9. The average Bonchev–Trinajstić information content (AvgIpc) is 2.86. The minimum Gasteiger partial charge on any atom is -0.350 e. The zero-order chi connectivity index (χ0) is 29.0. The largest absolute Gasteiger partial charge is 0.350 e. The van der Waals surface area contributed by atoms with Crippen LogP contribution in [0, 0.1) is 0 Å². The number of nitrogens with one attached hydrogen (secondary N) is 1. The van der Waals surface area contributed by atoms with Crippen LogP contribution in [0.5, 0.6) is 0 Å². The number of carbonyl (C=O) groups is 2. The predicted molar refractivity (Wildman–Crippen MR) is 157 cm³/mol. The molecule has 0 saturated carbocycles. The lowest BCUT2D eigenvalue weighted by Gasteiger charge is -2.33. The predicted octanol–water partition coefficient (Wildman–Crippen LogP) is 6.17. The van der Waals surface area contributed by atoms with Crippen LogP contribution in [0.1, 0.15) is 33.3 Å². The fraction of sp³-hybridized carbons (Fsp3) is 0.286. The van der Waals surface area contributed by atoms with E-state index in [9.17, 15) is 18.0 Å². The Morgan fingerprint density at radius 2 is 1.44 bits per heavy atom. The summed E-state index contributed by atoms with van der Waals surface area (Å²) in [7, 11) is -4.17. The van der Waals surface area contributed by atoms with Crippen LogP contribution in [-0.4, -0.2) is 43.3 Å². The van der Waals surface area contributed by atoms with Gasteiger partial charge in [0, 0.05) is 32.7 Å². The van der Waals surface area contributed by atoms with Crippen molar-refractivity contribution in [2.75, 3.05) is 10.8 Å². The topological polar surface area (TPSA) is 86.8 Å². The third kappa shape index (κ3) is 7.88. The van der Waals surface area contributed by atoms with Gasteiger partial charge in [0.2, 0.25) is 11.8 Å². The Morgan fingerprint density at radius 1 is 0.872 bits per heavy atom. The van der Waals surface area contributed by atoms with E-state index in [2.05, 4.69) is 5.32 Å². The van der Waals surface area contributed by atoms with Gasteiger partial charge < -0.3 is 10.2 Å². The molecule has 0 aliphatic rings. The van der Waals surface area contributed by atoms with Crippen molar-refractivity contribution in [1.82, 2.24) is 10.2 Å². The van der Waals surface area contributed by atoms with E-state index in [1.54, 1.807) is 43.3 Å². The Labute approximate surface area is 244 Å². The molecule has 3 aromatic carbocycles. The molecule has 0 saturated heterocycles. The van der Waals surface area contributed by atoms with Crippen LogP contribution in [0.15, 0.2) is 77.7 Å². The molecule has 0 spiro atoms. The Morgan fingerprint density at radius 3 is 1.97 bits per heavy atom. The summed E-state index contributed by atoms with van der Waals surface area (Å²) in [5.74, 6) is -1.04. The number of hydrogen-bond acceptors (Lipinski definition) is 4. The molecule has 0 aliphatic carbocycles. The second kappa shape index (κ2) is 12.6. The second-order valence-electron chi connectivity index (χ2n) is 9.94. The third-order valence-electron chi connectivity index (χ3n) is 5.78. The molecule has 11 heteroatoms. The summed E-state index contributed by atoms with van der Waals surface area (Å²) in [4.78, 5) is 28.4. The summed E-state index contributed by atoms with van der Waals surface area (Å²) in [5, 5.41) is 3.91. The number of carbonyl (C=O) groups excluding carboxylic acids is 2. The number of halogens is 3. The lowest BCUT2D eigenvalue weighted by atomic mass is 10.1. The molecule has 0 aromatic heterocycles. The molecule has 3 rings (SSSR count). The molecule has 0 unspecified atom stereocenters. The standard InChI is InChI=1S/C28H30Cl3N3O4S/c1-19(27(36)32-28(2,3)4)33(17-23-24(30)11-8-12-25(23)31)26(35)18-34(21-15-13-20(29)14-16-21)39(37,38)22-9-6-5-7-10-22/h5-16,19H,17-18H2,1-4H3,(H,32,36)/t19-/m0/s1. The van der Waals surface area contributed by atoms with E-state index in [1.807, 2.05) is 20.8 Å². The summed E-state index contributed by atoms with van der Waals surface area (Å²) in [6.07, 6.45) is 0. The van der Waals surface area contributed by atoms with Gasteiger partial charge in [0.1, 0.15) is 12.6 Å². The fourth-order valence-corrected chi connectivity index (χ4v) is 5.84. The molecular weight excluding hydrogens is 581 g/mol. The first-order valence-electron chi connectivity index (χ1n) is 12.1. The van der Waals surface area contributed by atoms with E-state index in [0.717, 1.165) is 4.31 Å². The number of hydrogen-bond donors (Lipinski definition) is 1. The highest BCUT2D eigenvalue weighted by molar-refractivity contribution is 7.92. The second-order valence-corrected chi connectivity index (χ2v) is 13.1. The molecule has 1 atom stereocenters. The third-order valence-corrected chi connectivity index (χ3v) is 8.53. The molecule has 0 aliphatic heterocycles. The zero-order valence-electron chi connectivity index (χ0n) is 22.0. The quantitative estimate of drug-likeness (QED) is 0.314. The Kier molecular flexibility index (Phi) is 9.93. The van der Waals surface area contributed by atoms with Crippen molar-refractivity contribution in [3.05, 3.63) is 93.4 Å². The maximum Gasteiger partial charge on any atom is 0.264 e. The molecule has 208 valence electrons. The SMILES string of the molecule is C[C@@H](C(=O)NC(C)(C)C)N(Cc1c(Cl)cccc1Cl)C(=O)CN(c1ccc(Cl)cc1)S(=O)(=O)c1ccccc1. The van der Waals surface area contributed by atoms with E-state index in [0.29, 0.717) is 20.6 Å². The molecule has 39 heavy (non-hydrogen) atoms. The number of amides is 2. The van der Waals surface area contributed by atoms with E-state index in [-0.39, 0.29) is 17.1 Å². The molecule has 1 N–H and O–H groups in total. The van der Waals surface area contributed by atoms with Gasteiger partial charge in [-0.15, -0.1) is 0 Å². The summed E-state index contributed by atoms with van der Waals surface area (Å²) in [5.41, 5.74) is 0.112. The van der Waals surface area contributed by atoms with Crippen molar-refractivity contribution in [2.45, 2.75) is 50.7 Å². The van der Waals surface area contributed by atoms with Crippen LogP contribution >= 0.6 is 34.8 Å². The normalized spacial score (nSPS) is 12.5. The van der Waals surface area contributed by atoms with E-state index in [1.165, 1.54) is 41.3 Å². The maximum atomic E-state index is 13.9. The van der Waals surface area contributed by atoms with Gasteiger partial charge >= 0.3 is 0 Å². The Balaban J connectivity index is 2.06. The number of nitrogens with zero attached hydrogens (tertiary/aromatic N) is 2. The van der Waals surface area contributed by atoms with Crippen molar-refractivity contribution >= 4 is 62.3 Å². The van der Waals surface area contributed by atoms with Crippen LogP contribution in [-0.2, 0) is 26.2 Å². The fourth-order valence-electron chi connectivity index (χ4n) is 3.77. The minimum absolute atomic E-state index is 0.00646. The van der Waals surface area contributed by atoms with Gasteiger partial charge in [-0.1, -0.05) is 59.1 Å². The highest BCUT2D eigenvalue weighted by Crippen LogP contribution is 2.29. The van der Waals surface area contributed by atoms with Gasteiger partial charge in [-0.25, -0.2) is 8.42 Å². The van der Waals surface area contributed by atoms with E-state index in [4.69, 9.17) is 34.8 Å². The van der Waals surface area contributed by atoms with Gasteiger partial charge in [0.05, 0.1) is 10.6 Å². The first kappa shape index (κ1) is 30.8. The molecule has 0 heterocycles. The van der Waals surface area contributed by atoms with Gasteiger partial charge in [0.25, 0.3) is 10.0 Å². The Hall–Kier alpha value is -2.78. The number of anilines is 1. The summed E-state index contributed by atoms with van der Waals surface area (Å²) in [6, 6.07) is 17.8. The molecule has 0 fully saturated rings. The van der Waals surface area contributed by atoms with Gasteiger partial charge in [-0.2, -0.15) is 0 Å². The van der Waals surface area contributed by atoms with Crippen LogP contribution < -0.4 is 9.62 Å². The van der Waals surface area contributed by atoms with Crippen molar-refractivity contribution in [2.24, 2.45) is 0 Å². The lowest BCUT2D eigenvalue weighted by molar-refractivity contribution is -0.140. The highest BCUT2D eigenvalue weighted by Gasteiger charge is 2.34. The molecular formula is C28H30Cl3N3O4S. The van der Waals surface area contributed by atoms with Crippen molar-refractivity contribution in [3.63, 3.8) is 0 Å². The maximum absolute atomic E-state index is 13.9. The van der Waals surface area contributed by atoms with E-state index < -0.39 is 40.0 Å². The van der Waals surface area contributed by atoms with Crippen LogP contribution in [0.25, 0.3) is 0 Å². The number of benzene rings is 3. The first-order chi connectivity index (χ1) is 18.2. The van der Waals surface area contributed by atoms with Crippen LogP contribution in [0.3, 0.4) is 0 Å². The molecule has 0 bridgehead atoms. The monoisotopic (exact) mass is 609 g/mol. The van der Waals surface area contributed by atoms with Gasteiger partial charge in [-0.3, -0.25) is 13.9 Å². The molecule has 3 aromatic rings. The molecule has 0 radical (unpaired) electrons. The smallest absolute Gasteiger partial charge is 0.264 e. The van der Waals surface area contributed by atoms with E-state index >= 15 is 0 Å². The van der Waals surface area contributed by atoms with Crippen LogP contribution in [0.4, 0.5) is 5.69 Å². The summed E-state index contributed by atoms with van der Waals surface area (Å²) in [6.45, 7) is 6.34. The zero-order valence-corrected chi connectivity index (χ0v) is 25.1. The van der Waals surface area contributed by atoms with Gasteiger partial charge in [-0.05, 0) is 76.2 Å². The van der Waals surface area contributed by atoms with Crippen molar-refractivity contribution in [1.29, 1.82) is 0 Å². The molecule has 7 nitrogen and oxygen atoms in total. The highest BCUT2D eigenvalue weighted by atomic mass is 35.5. The van der Waals surface area contributed by atoms with Crippen molar-refractivity contribution in [3.8, 4) is 0 Å². The summed E-state index contributed by atoms with van der Waals surface area (Å²) >= 11 is 18.8. The average molecular weight is 611 g/mol. The van der Waals surface area contributed by atoms with Gasteiger partial charge in [0.15, 0.2) is 0 Å². The first-order valence-corrected chi connectivity index (χ1v) is 14.7. The minimum atomic E-state index is -4.17. The molecule has 2 amide bonds. The van der Waals surface area contributed by atoms with Crippen LogP contribution in [0.2, 0.25) is 15.1 Å². The van der Waals surface area contributed by atoms with Crippen molar-refractivity contribution < 1.29 is 18.0 Å². The lowest BCUT2D eigenvalue weighted by Crippen LogP contribution is -2.54.